The second kappa shape index (κ2) is 7.32. The minimum Gasteiger partial charge on any atom is -0.395 e. The number of benzene rings is 1. The summed E-state index contributed by atoms with van der Waals surface area (Å²) in [5.74, 6) is 7.33. The van der Waals surface area contributed by atoms with Crippen LogP contribution in [-0.2, 0) is 5.75 Å². The van der Waals surface area contributed by atoms with E-state index in [2.05, 4.69) is 18.8 Å². The third-order valence-corrected chi connectivity index (χ3v) is 2.92. The maximum absolute atomic E-state index is 13.1. The van der Waals surface area contributed by atoms with Gasteiger partial charge in [0, 0.05) is 17.7 Å². The molecule has 16 heavy (non-hydrogen) atoms. The van der Waals surface area contributed by atoms with Gasteiger partial charge in [0.25, 0.3) is 0 Å². The first-order valence-corrected chi connectivity index (χ1v) is 6.39. The predicted octanol–water partition coefficient (Wildman–Crippen LogP) is 2.81. The Hall–Kier alpha value is -0.980. The molecule has 0 aliphatic carbocycles. The van der Waals surface area contributed by atoms with Gasteiger partial charge in [-0.05, 0) is 23.4 Å². The van der Waals surface area contributed by atoms with E-state index in [1.807, 2.05) is 0 Å². The summed E-state index contributed by atoms with van der Waals surface area (Å²) >= 11 is 1.78. The van der Waals surface area contributed by atoms with Crippen molar-refractivity contribution >= 4 is 11.8 Å². The van der Waals surface area contributed by atoms with Crippen LogP contribution in [0, 0.1) is 17.7 Å². The van der Waals surface area contributed by atoms with Crippen LogP contribution in [0.4, 0.5) is 4.39 Å². The molecule has 3 heteroatoms. The third-order valence-electron chi connectivity index (χ3n) is 1.99. The molecule has 1 nitrogen and oxygen atoms in total. The molecule has 0 aromatic heterocycles. The lowest BCUT2D eigenvalue weighted by atomic mass is 10.1. The molecule has 0 aliphatic rings. The van der Waals surface area contributed by atoms with E-state index >= 15 is 0 Å². The first-order valence-electron chi connectivity index (χ1n) is 5.23. The number of hydrogen-bond donors (Lipinski definition) is 1. The molecule has 0 spiro atoms. The van der Waals surface area contributed by atoms with Gasteiger partial charge in [-0.2, -0.15) is 11.8 Å². The summed E-state index contributed by atoms with van der Waals surface area (Å²) in [7, 11) is 0. The van der Waals surface area contributed by atoms with Crippen molar-refractivity contribution in [3.63, 3.8) is 0 Å². The number of rotatable bonds is 4. The van der Waals surface area contributed by atoms with Crippen LogP contribution in [0.25, 0.3) is 0 Å². The minimum absolute atomic E-state index is 0.0430. The SMILES string of the molecule is CCSCc1ccc(F)cc1C#CCCO. The number of aliphatic hydroxyl groups excluding tert-OH is 1. The third kappa shape index (κ3) is 4.26. The van der Waals surface area contributed by atoms with Gasteiger partial charge in [-0.1, -0.05) is 24.8 Å². The van der Waals surface area contributed by atoms with Gasteiger partial charge >= 0.3 is 0 Å². The van der Waals surface area contributed by atoms with Crippen molar-refractivity contribution in [1.82, 2.24) is 0 Å². The highest BCUT2D eigenvalue weighted by Crippen LogP contribution is 2.17. The Morgan fingerprint density at radius 3 is 2.94 bits per heavy atom. The van der Waals surface area contributed by atoms with E-state index in [4.69, 9.17) is 5.11 Å². The van der Waals surface area contributed by atoms with Crippen molar-refractivity contribution in [2.75, 3.05) is 12.4 Å². The van der Waals surface area contributed by atoms with Gasteiger partial charge in [-0.25, -0.2) is 4.39 Å². The van der Waals surface area contributed by atoms with E-state index in [9.17, 15) is 4.39 Å². The fraction of sp³-hybridized carbons (Fsp3) is 0.385. The molecule has 0 bridgehead atoms. The lowest BCUT2D eigenvalue weighted by Crippen LogP contribution is -1.90. The molecule has 1 aromatic carbocycles. The van der Waals surface area contributed by atoms with Crippen molar-refractivity contribution < 1.29 is 9.50 Å². The quantitative estimate of drug-likeness (QED) is 0.814. The van der Waals surface area contributed by atoms with Crippen LogP contribution in [0.5, 0.6) is 0 Å². The fourth-order valence-electron chi connectivity index (χ4n) is 1.22. The predicted molar refractivity (Wildman–Crippen MR) is 66.8 cm³/mol. The van der Waals surface area contributed by atoms with Gasteiger partial charge in [0.15, 0.2) is 0 Å². The van der Waals surface area contributed by atoms with E-state index in [-0.39, 0.29) is 12.4 Å². The average Bonchev–Trinajstić information content (AvgIpc) is 2.28. The van der Waals surface area contributed by atoms with Gasteiger partial charge < -0.3 is 5.11 Å². The molecule has 1 aromatic rings. The van der Waals surface area contributed by atoms with Crippen molar-refractivity contribution in [1.29, 1.82) is 0 Å². The van der Waals surface area contributed by atoms with Crippen molar-refractivity contribution in [3.8, 4) is 11.8 Å². The minimum atomic E-state index is -0.265. The van der Waals surface area contributed by atoms with Gasteiger partial charge in [-0.3, -0.25) is 0 Å². The number of halogens is 1. The molecule has 1 N–H and O–H groups in total. The van der Waals surface area contributed by atoms with Gasteiger partial charge in [-0.15, -0.1) is 0 Å². The molecule has 0 heterocycles. The molecule has 0 atom stereocenters. The first-order chi connectivity index (χ1) is 7.77. The summed E-state index contributed by atoms with van der Waals surface area (Å²) < 4.78 is 13.1. The summed E-state index contributed by atoms with van der Waals surface area (Å²) in [6.45, 7) is 2.13. The second-order valence-corrected chi connectivity index (χ2v) is 4.49. The Morgan fingerprint density at radius 1 is 1.44 bits per heavy atom. The molecular weight excluding hydrogens is 223 g/mol. The lowest BCUT2D eigenvalue weighted by molar-refractivity contribution is 0.305. The molecule has 0 unspecified atom stereocenters. The Morgan fingerprint density at radius 2 is 2.25 bits per heavy atom. The van der Waals surface area contributed by atoms with Crippen molar-refractivity contribution in [2.45, 2.75) is 19.1 Å². The maximum Gasteiger partial charge on any atom is 0.124 e. The highest BCUT2D eigenvalue weighted by molar-refractivity contribution is 7.98. The molecule has 0 saturated heterocycles. The highest BCUT2D eigenvalue weighted by atomic mass is 32.2. The topological polar surface area (TPSA) is 20.2 Å². The van der Waals surface area contributed by atoms with Gasteiger partial charge in [0.05, 0.1) is 6.61 Å². The van der Waals surface area contributed by atoms with Crippen LogP contribution in [-0.4, -0.2) is 17.5 Å². The van der Waals surface area contributed by atoms with Crippen molar-refractivity contribution in [2.24, 2.45) is 0 Å². The van der Waals surface area contributed by atoms with E-state index in [1.54, 1.807) is 17.8 Å². The van der Waals surface area contributed by atoms with Gasteiger partial charge in [0.2, 0.25) is 0 Å². The van der Waals surface area contributed by atoms with Crippen LogP contribution < -0.4 is 0 Å². The zero-order valence-electron chi connectivity index (χ0n) is 9.29. The first kappa shape index (κ1) is 13.1. The standard InChI is InChI=1S/C13H15FOS/c1-2-16-10-12-6-7-13(14)9-11(12)5-3-4-8-15/h6-7,9,15H,2,4,8,10H2,1H3. The summed E-state index contributed by atoms with van der Waals surface area (Å²) in [5, 5.41) is 8.63. The number of thioether (sulfide) groups is 1. The fourth-order valence-corrected chi connectivity index (χ4v) is 1.89. The highest BCUT2D eigenvalue weighted by Gasteiger charge is 2.01. The molecule has 0 amide bonds. The largest absolute Gasteiger partial charge is 0.395 e. The Kier molecular flexibility index (Phi) is 5.99. The number of hydrogen-bond acceptors (Lipinski definition) is 2. The van der Waals surface area contributed by atoms with Gasteiger partial charge in [0.1, 0.15) is 5.82 Å². The van der Waals surface area contributed by atoms with Crippen molar-refractivity contribution in [3.05, 3.63) is 35.1 Å². The Balaban J connectivity index is 2.86. The average molecular weight is 238 g/mol. The second-order valence-electron chi connectivity index (χ2n) is 3.21. The molecule has 86 valence electrons. The Bertz CT molecular complexity index is 393. The van der Waals surface area contributed by atoms with Crippen LogP contribution in [0.3, 0.4) is 0 Å². The monoisotopic (exact) mass is 238 g/mol. The normalized spacial score (nSPS) is 9.69. The van der Waals surface area contributed by atoms with E-state index < -0.39 is 0 Å². The molecule has 0 fully saturated rings. The molecule has 0 saturated carbocycles. The van der Waals surface area contributed by atoms with Crippen LogP contribution in [0.1, 0.15) is 24.5 Å². The smallest absolute Gasteiger partial charge is 0.124 e. The lowest BCUT2D eigenvalue weighted by Gasteiger charge is -2.03. The maximum atomic E-state index is 13.1. The zero-order valence-corrected chi connectivity index (χ0v) is 10.1. The molecule has 0 radical (unpaired) electrons. The van der Waals surface area contributed by atoms with Crippen LogP contribution >= 0.6 is 11.8 Å². The van der Waals surface area contributed by atoms with E-state index in [0.717, 1.165) is 22.6 Å². The number of aliphatic hydroxyl groups is 1. The Labute approximate surface area is 100 Å². The summed E-state index contributed by atoms with van der Waals surface area (Å²) in [6, 6.07) is 4.69. The summed E-state index contributed by atoms with van der Waals surface area (Å²) in [4.78, 5) is 0. The van der Waals surface area contributed by atoms with E-state index in [1.165, 1.54) is 12.1 Å². The molecular formula is C13H15FOS. The van der Waals surface area contributed by atoms with Crippen LogP contribution in [0.15, 0.2) is 18.2 Å². The molecule has 1 rings (SSSR count). The van der Waals surface area contributed by atoms with E-state index in [0.29, 0.717) is 6.42 Å². The summed E-state index contributed by atoms with van der Waals surface area (Å²) in [5.41, 5.74) is 1.79. The van der Waals surface area contributed by atoms with Crippen LogP contribution in [0.2, 0.25) is 0 Å². The summed E-state index contributed by atoms with van der Waals surface area (Å²) in [6.07, 6.45) is 0.427. The molecule has 0 aliphatic heterocycles. The zero-order chi connectivity index (χ0) is 11.8.